The van der Waals surface area contributed by atoms with Crippen molar-refractivity contribution >= 4 is 23.6 Å². The summed E-state index contributed by atoms with van der Waals surface area (Å²) in [6.45, 7) is -5.23. The third-order valence-electron chi connectivity index (χ3n) is 22.4. The van der Waals surface area contributed by atoms with Crippen LogP contribution in [0.1, 0.15) is 34.6 Å². The van der Waals surface area contributed by atoms with Crippen LogP contribution >= 0.6 is 0 Å². The zero-order valence-corrected chi connectivity index (χ0v) is 65.7. The predicted octanol–water partition coefficient (Wildman–Crippen LogP) is -21.2. The molecule has 10 rings (SSSR count). The van der Waals surface area contributed by atoms with Gasteiger partial charge >= 0.3 is 0 Å². The van der Waals surface area contributed by atoms with E-state index in [1.54, 1.807) is 0 Å². The molecule has 10 aliphatic rings. The Labute approximate surface area is 691 Å². The number of amides is 4. The Morgan fingerprint density at radius 2 is 0.508 bits per heavy atom. The number of aliphatic hydroxyl groups is 27. The Bertz CT molecular complexity index is 3290. The van der Waals surface area contributed by atoms with Gasteiger partial charge in [0, 0.05) is 27.7 Å². The van der Waals surface area contributed by atoms with Crippen molar-refractivity contribution in [1.29, 1.82) is 0 Å². The van der Waals surface area contributed by atoms with Gasteiger partial charge in [0.25, 0.3) is 0 Å². The molecule has 122 heavy (non-hydrogen) atoms. The third-order valence-corrected chi connectivity index (χ3v) is 22.4. The first-order chi connectivity index (χ1) is 57.7. The number of hydrogen-bond acceptors (Lipinski definition) is 50. The predicted molar refractivity (Wildman–Crippen MR) is 375 cm³/mol. The fourth-order valence-corrected chi connectivity index (χ4v) is 15.9. The van der Waals surface area contributed by atoms with Crippen molar-refractivity contribution in [2.24, 2.45) is 0 Å². The molecule has 10 aliphatic heterocycles. The molecule has 31 N–H and O–H groups in total. The highest BCUT2D eigenvalue weighted by molar-refractivity contribution is 5.74. The van der Waals surface area contributed by atoms with Crippen molar-refractivity contribution in [3.63, 3.8) is 0 Å². The van der Waals surface area contributed by atoms with E-state index in [0.29, 0.717) is 0 Å². The molecular formula is C68H114N4O50. The molecule has 54 nitrogen and oxygen atoms in total. The molecule has 0 spiro atoms. The Balaban J connectivity index is 1.01. The number of carbonyl (C=O) groups excluding carboxylic acids is 4. The van der Waals surface area contributed by atoms with Crippen molar-refractivity contribution < 1.29 is 247 Å². The molecule has 50 atom stereocenters. The maximum atomic E-state index is 13.5. The van der Waals surface area contributed by atoms with Gasteiger partial charge in [-0.05, 0) is 6.92 Å². The van der Waals surface area contributed by atoms with Crippen molar-refractivity contribution in [2.45, 2.75) is 341 Å². The van der Waals surface area contributed by atoms with E-state index in [2.05, 4.69) is 21.3 Å². The lowest BCUT2D eigenvalue weighted by atomic mass is 9.93. The van der Waals surface area contributed by atoms with Gasteiger partial charge in [-0.3, -0.25) is 19.2 Å². The summed E-state index contributed by atoms with van der Waals surface area (Å²) in [5, 5.41) is 311. The van der Waals surface area contributed by atoms with Gasteiger partial charge in [-0.15, -0.1) is 0 Å². The summed E-state index contributed by atoms with van der Waals surface area (Å²) in [4.78, 5) is 51.8. The van der Waals surface area contributed by atoms with E-state index in [9.17, 15) is 157 Å². The van der Waals surface area contributed by atoms with Crippen molar-refractivity contribution in [3.8, 4) is 0 Å². The van der Waals surface area contributed by atoms with Crippen LogP contribution in [0.15, 0.2) is 0 Å². The van der Waals surface area contributed by atoms with Crippen LogP contribution in [0.3, 0.4) is 0 Å². The second kappa shape index (κ2) is 43.6. The molecule has 0 aromatic heterocycles. The lowest BCUT2D eigenvalue weighted by Crippen LogP contribution is -2.71. The highest BCUT2D eigenvalue weighted by atomic mass is 16.8. The number of hydrogen-bond donors (Lipinski definition) is 31. The first kappa shape index (κ1) is 100. The first-order valence-electron chi connectivity index (χ1n) is 39.0. The van der Waals surface area contributed by atoms with Gasteiger partial charge in [0.2, 0.25) is 23.6 Å². The molecule has 0 aliphatic carbocycles. The topological polar surface area (TPSA) is 838 Å². The highest BCUT2D eigenvalue weighted by Crippen LogP contribution is 2.41. The Morgan fingerprint density at radius 3 is 0.934 bits per heavy atom. The highest BCUT2D eigenvalue weighted by Gasteiger charge is 2.62. The minimum absolute atomic E-state index is 0.802. The number of carbonyl (C=O) groups is 4. The van der Waals surface area contributed by atoms with Crippen LogP contribution in [0.25, 0.3) is 0 Å². The molecule has 10 heterocycles. The average Bonchev–Trinajstić information content (AvgIpc) is 0.766. The molecule has 706 valence electrons. The quantitative estimate of drug-likeness (QED) is 0.0306. The van der Waals surface area contributed by atoms with E-state index in [0.717, 1.165) is 27.7 Å². The molecular weight excluding hydrogens is 1670 g/mol. The summed E-state index contributed by atoms with van der Waals surface area (Å²) in [5.41, 5.74) is 0. The molecule has 10 fully saturated rings. The normalized spacial score (nSPS) is 49.7. The third kappa shape index (κ3) is 21.9. The van der Waals surface area contributed by atoms with Gasteiger partial charge in [0.1, 0.15) is 238 Å². The van der Waals surface area contributed by atoms with E-state index in [4.69, 9.17) is 90.0 Å². The molecule has 54 heteroatoms. The van der Waals surface area contributed by atoms with Gasteiger partial charge < -0.3 is 249 Å². The first-order valence-corrected chi connectivity index (χ1v) is 39.0. The molecule has 4 amide bonds. The second-order valence-corrected chi connectivity index (χ2v) is 31.0. The van der Waals surface area contributed by atoms with Crippen LogP contribution < -0.4 is 21.3 Å². The Kier molecular flexibility index (Phi) is 35.8. The minimum Gasteiger partial charge on any atom is -0.394 e. The monoisotopic (exact) mass is 1790 g/mol. The van der Waals surface area contributed by atoms with E-state index < -0.39 is 390 Å². The van der Waals surface area contributed by atoms with E-state index in [1.165, 1.54) is 6.92 Å². The molecule has 0 saturated carbocycles. The SMILES string of the molecule is CC(=O)N[C@@H]1[C@@H](O)[C@H](O[C@@H]2O[C@H](CO)[C@@H](O[C@@H]3O[C@H](CO[C@H]4O[C@H](CO)[C@@H](O)[C@H](O)[C@@H]4O[C@@H]4O[C@H](CO)[C@@H](O[C@@H]5O[C@H](CO)[C@H](O)[C@H](O)[C@H]5O)[C@H](O[C@@H]5O[C@@H](C)[C@@H](O)[C@@H](O)[C@@H]5O)[C@H]4NC(C)=O)[C@@H](O)[C@H](O[C@H]4O[C@H](CO)[C@@H](O)[C@H](O)[C@@H]4O[C@@H]4O[C@H](CO)[C@@H](O[C@@H]5O[C@H](CO)[C@H](O)[C@H](O)[C@H]5O)[C@H](O)[C@H]4NC(C)=O)[C@@H]3O)[C@H](O)[C@H]2NC(C)=O)[C@@H](CO)O[C@@H]1O. The van der Waals surface area contributed by atoms with Crippen LogP contribution in [0.5, 0.6) is 0 Å². The number of nitrogens with one attached hydrogen (secondary N) is 4. The van der Waals surface area contributed by atoms with Gasteiger partial charge in [0.05, 0.1) is 65.6 Å². The van der Waals surface area contributed by atoms with E-state index in [-0.39, 0.29) is 0 Å². The number of ether oxygens (including phenoxy) is 19. The summed E-state index contributed by atoms with van der Waals surface area (Å²) in [6, 6.07) is -7.63. The Hall–Kier alpha value is -3.96. The summed E-state index contributed by atoms with van der Waals surface area (Å²) in [7, 11) is 0. The van der Waals surface area contributed by atoms with Crippen molar-refractivity contribution in [1.82, 2.24) is 21.3 Å². The molecule has 0 unspecified atom stereocenters. The average molecular weight is 1790 g/mol. The van der Waals surface area contributed by atoms with Crippen LogP contribution in [-0.2, 0) is 109 Å². The number of aliphatic hydroxyl groups excluding tert-OH is 27. The van der Waals surface area contributed by atoms with Gasteiger partial charge in [-0.2, -0.15) is 0 Å². The van der Waals surface area contributed by atoms with Crippen LogP contribution in [0.4, 0.5) is 0 Å². The summed E-state index contributed by atoms with van der Waals surface area (Å²) >= 11 is 0. The van der Waals surface area contributed by atoms with E-state index >= 15 is 0 Å². The largest absolute Gasteiger partial charge is 0.394 e. The number of rotatable bonds is 31. The van der Waals surface area contributed by atoms with Crippen LogP contribution in [0, 0.1) is 0 Å². The molecule has 0 aromatic carbocycles. The van der Waals surface area contributed by atoms with Crippen LogP contribution in [-0.4, -0.2) is 528 Å². The fraction of sp³-hybridized carbons (Fsp3) is 0.941. The molecule has 0 bridgehead atoms. The zero-order valence-electron chi connectivity index (χ0n) is 65.7. The molecule has 0 radical (unpaired) electrons. The van der Waals surface area contributed by atoms with Gasteiger partial charge in [-0.1, -0.05) is 0 Å². The lowest BCUT2D eigenvalue weighted by Gasteiger charge is -2.51. The molecule has 10 saturated heterocycles. The summed E-state index contributed by atoms with van der Waals surface area (Å²) in [6.07, 6.45) is -96.8. The summed E-state index contributed by atoms with van der Waals surface area (Å²) in [5.74, 6) is -3.75. The van der Waals surface area contributed by atoms with Crippen molar-refractivity contribution in [3.05, 3.63) is 0 Å². The maximum absolute atomic E-state index is 13.5. The summed E-state index contributed by atoms with van der Waals surface area (Å²) < 4.78 is 114. The smallest absolute Gasteiger partial charge is 0.217 e. The van der Waals surface area contributed by atoms with Gasteiger partial charge in [-0.25, -0.2) is 0 Å². The van der Waals surface area contributed by atoms with Gasteiger partial charge in [0.15, 0.2) is 62.9 Å². The Morgan fingerprint density at radius 1 is 0.230 bits per heavy atom. The zero-order chi connectivity index (χ0) is 89.8. The fourth-order valence-electron chi connectivity index (χ4n) is 15.9. The standard InChI is InChI=1S/C68H114N4O50/c1-15-33(85)42(94)47(99)63(105-15)119-55-32(72-19(5)84)62(113-27(13-80)54(55)118-65-49(101)44(96)35(87)21(7-74)108-65)121-57-45(97)36(88)22(8-75)109-67(57)104-14-28-38(90)56(50(102)66(114-28)117-53-26(12-79)111-60(30(40(53)92)70-17(3)82)115-51-24(10-77)106-59(103)29(39(51)91)69-16(2)81)120-68-58(46(98)37(89)23(9-76)110-68)122-61-31(71-18(4)83)41(93)52(25(11-78)112-61)116-64-48(100)43(95)34(86)20(6-73)107-64/h15,20-68,73-80,85-103H,6-14H2,1-5H3,(H,69,81)(H,70,82)(H,71,83)(H,72,84)/t15-,20+,21+,22+,23+,24+,25+,26+,27+,28+,29+,30+,31+,32+,33+,34-,35-,36+,37+,38+,39+,40+,41+,42+,43-,44-,45-,46-,47-,48+,49+,50-,51+,52+,53+,54+,55+,56-,57-,58-,59-,60-,61-,62-,63-,64-,65-,66-,67-,68+/m0/s1. The van der Waals surface area contributed by atoms with E-state index in [1.807, 2.05) is 0 Å². The van der Waals surface area contributed by atoms with Crippen LogP contribution in [0.2, 0.25) is 0 Å². The lowest BCUT2D eigenvalue weighted by molar-refractivity contribution is -0.400. The maximum Gasteiger partial charge on any atom is 0.217 e. The second-order valence-electron chi connectivity index (χ2n) is 31.0. The minimum atomic E-state index is -2.62. The van der Waals surface area contributed by atoms with Crippen molar-refractivity contribution in [2.75, 3.05) is 59.5 Å². The molecule has 0 aromatic rings.